The Morgan fingerprint density at radius 1 is 1.11 bits per heavy atom. The van der Waals surface area contributed by atoms with Crippen molar-refractivity contribution < 1.29 is 9.18 Å². The van der Waals surface area contributed by atoms with Crippen LogP contribution in [-0.4, -0.2) is 11.3 Å². The standard InChI is InChI=1S/C12H5Cl3FNO/c13-8-1-6(2-9(14)12(8)15)11-3-7(5-18)10(16)4-17-11/h1-5H. The second-order valence-electron chi connectivity index (χ2n) is 3.46. The van der Waals surface area contributed by atoms with Crippen LogP contribution < -0.4 is 0 Å². The molecule has 2 nitrogen and oxygen atoms in total. The van der Waals surface area contributed by atoms with E-state index in [1.807, 2.05) is 0 Å². The molecule has 0 radical (unpaired) electrons. The normalized spacial score (nSPS) is 10.4. The van der Waals surface area contributed by atoms with Gasteiger partial charge in [0.25, 0.3) is 0 Å². The Kier molecular flexibility index (Phi) is 3.85. The Balaban J connectivity index is 2.58. The molecule has 0 N–H and O–H groups in total. The average molecular weight is 305 g/mol. The van der Waals surface area contributed by atoms with Gasteiger partial charge in [-0.15, -0.1) is 0 Å². The molecule has 0 unspecified atom stereocenters. The van der Waals surface area contributed by atoms with Crippen LogP contribution in [0.25, 0.3) is 11.3 Å². The summed E-state index contributed by atoms with van der Waals surface area (Å²) in [6, 6.07) is 4.41. The van der Waals surface area contributed by atoms with E-state index in [2.05, 4.69) is 4.98 Å². The topological polar surface area (TPSA) is 30.0 Å². The van der Waals surface area contributed by atoms with Crippen molar-refractivity contribution in [2.45, 2.75) is 0 Å². The molecule has 0 aliphatic heterocycles. The van der Waals surface area contributed by atoms with Crippen molar-refractivity contribution in [3.63, 3.8) is 0 Å². The summed E-state index contributed by atoms with van der Waals surface area (Å²) in [6.07, 6.45) is 1.38. The quantitative estimate of drug-likeness (QED) is 0.596. The number of aromatic nitrogens is 1. The van der Waals surface area contributed by atoms with E-state index in [0.717, 1.165) is 6.20 Å². The minimum Gasteiger partial charge on any atom is -0.298 e. The van der Waals surface area contributed by atoms with Gasteiger partial charge in [-0.1, -0.05) is 34.8 Å². The molecule has 1 aromatic carbocycles. The van der Waals surface area contributed by atoms with Crippen molar-refractivity contribution >= 4 is 41.1 Å². The summed E-state index contributed by atoms with van der Waals surface area (Å²) in [6.45, 7) is 0. The van der Waals surface area contributed by atoms with Crippen LogP contribution in [0.4, 0.5) is 4.39 Å². The van der Waals surface area contributed by atoms with E-state index in [9.17, 15) is 9.18 Å². The molecule has 2 aromatic rings. The van der Waals surface area contributed by atoms with E-state index in [1.165, 1.54) is 6.07 Å². The van der Waals surface area contributed by atoms with Crippen LogP contribution in [0.15, 0.2) is 24.4 Å². The lowest BCUT2D eigenvalue weighted by Crippen LogP contribution is -1.92. The highest BCUT2D eigenvalue weighted by atomic mass is 35.5. The molecule has 0 aliphatic carbocycles. The minimum atomic E-state index is -0.681. The number of hydrogen-bond donors (Lipinski definition) is 0. The SMILES string of the molecule is O=Cc1cc(-c2cc(Cl)c(Cl)c(Cl)c2)ncc1F. The summed E-state index contributed by atoms with van der Waals surface area (Å²) < 4.78 is 13.1. The van der Waals surface area contributed by atoms with Crippen LogP contribution >= 0.6 is 34.8 Å². The summed E-state index contributed by atoms with van der Waals surface area (Å²) in [7, 11) is 0. The lowest BCUT2D eigenvalue weighted by Gasteiger charge is -2.06. The van der Waals surface area contributed by atoms with Crippen LogP contribution in [0.1, 0.15) is 10.4 Å². The third-order valence-corrected chi connectivity index (χ3v) is 3.49. The first-order valence-corrected chi connectivity index (χ1v) is 5.92. The highest BCUT2D eigenvalue weighted by Crippen LogP contribution is 2.34. The van der Waals surface area contributed by atoms with Gasteiger partial charge < -0.3 is 0 Å². The second kappa shape index (κ2) is 5.22. The molecule has 1 aromatic heterocycles. The number of benzene rings is 1. The molecule has 2 rings (SSSR count). The first kappa shape index (κ1) is 13.3. The lowest BCUT2D eigenvalue weighted by atomic mass is 10.1. The molecule has 92 valence electrons. The summed E-state index contributed by atoms with van der Waals surface area (Å²) in [4.78, 5) is 14.5. The molecule has 0 bridgehead atoms. The number of halogens is 4. The molecule has 0 fully saturated rings. The van der Waals surface area contributed by atoms with Gasteiger partial charge in [-0.25, -0.2) is 4.39 Å². The van der Waals surface area contributed by atoms with Crippen LogP contribution in [0.3, 0.4) is 0 Å². The summed E-state index contributed by atoms with van der Waals surface area (Å²) >= 11 is 17.6. The molecule has 1 heterocycles. The molecular weight excluding hydrogens is 299 g/mol. The van der Waals surface area contributed by atoms with Crippen molar-refractivity contribution in [1.82, 2.24) is 4.98 Å². The maximum atomic E-state index is 13.1. The van der Waals surface area contributed by atoms with Crippen molar-refractivity contribution in [2.75, 3.05) is 0 Å². The number of pyridine rings is 1. The Labute approximate surface area is 117 Å². The molecule has 0 atom stereocenters. The minimum absolute atomic E-state index is 0.0813. The van der Waals surface area contributed by atoms with E-state index < -0.39 is 5.82 Å². The monoisotopic (exact) mass is 303 g/mol. The third kappa shape index (κ3) is 2.48. The third-order valence-electron chi connectivity index (χ3n) is 2.29. The average Bonchev–Trinajstić information content (AvgIpc) is 2.36. The predicted octanol–water partition coefficient (Wildman–Crippen LogP) is 4.66. The van der Waals surface area contributed by atoms with Crippen LogP contribution in [0.2, 0.25) is 15.1 Å². The van der Waals surface area contributed by atoms with Gasteiger partial charge in [0.05, 0.1) is 32.5 Å². The number of carbonyl (C=O) groups excluding carboxylic acids is 1. The lowest BCUT2D eigenvalue weighted by molar-refractivity contribution is 0.111. The van der Waals surface area contributed by atoms with E-state index in [1.54, 1.807) is 12.1 Å². The number of aldehydes is 1. The van der Waals surface area contributed by atoms with Gasteiger partial charge in [0, 0.05) is 5.56 Å². The highest BCUT2D eigenvalue weighted by molar-refractivity contribution is 6.48. The zero-order valence-corrected chi connectivity index (χ0v) is 11.0. The molecule has 0 spiro atoms. The number of nitrogens with zero attached hydrogens (tertiary/aromatic N) is 1. The highest BCUT2D eigenvalue weighted by Gasteiger charge is 2.10. The van der Waals surface area contributed by atoms with E-state index in [4.69, 9.17) is 34.8 Å². The van der Waals surface area contributed by atoms with E-state index >= 15 is 0 Å². The summed E-state index contributed by atoms with van der Waals surface area (Å²) in [5.41, 5.74) is 0.860. The zero-order chi connectivity index (χ0) is 13.3. The van der Waals surface area contributed by atoms with Crippen LogP contribution in [-0.2, 0) is 0 Å². The van der Waals surface area contributed by atoms with Crippen LogP contribution in [0.5, 0.6) is 0 Å². The molecule has 0 amide bonds. The van der Waals surface area contributed by atoms with Gasteiger partial charge in [-0.05, 0) is 18.2 Å². The Hall–Kier alpha value is -1.16. The van der Waals surface area contributed by atoms with E-state index in [-0.39, 0.29) is 20.6 Å². The number of hydrogen-bond acceptors (Lipinski definition) is 2. The molecule has 18 heavy (non-hydrogen) atoms. The molecule has 6 heteroatoms. The zero-order valence-electron chi connectivity index (χ0n) is 8.75. The van der Waals surface area contributed by atoms with Crippen molar-refractivity contribution in [3.05, 3.63) is 50.8 Å². The maximum absolute atomic E-state index is 13.1. The fourth-order valence-electron chi connectivity index (χ4n) is 1.41. The molecular formula is C12H5Cl3FNO. The number of carbonyl (C=O) groups is 1. The van der Waals surface area contributed by atoms with Gasteiger partial charge in [0.2, 0.25) is 0 Å². The molecule has 0 saturated heterocycles. The van der Waals surface area contributed by atoms with Gasteiger partial charge >= 0.3 is 0 Å². The maximum Gasteiger partial charge on any atom is 0.153 e. The van der Waals surface area contributed by atoms with Crippen molar-refractivity contribution in [3.8, 4) is 11.3 Å². The first-order chi connectivity index (χ1) is 8.52. The smallest absolute Gasteiger partial charge is 0.153 e. The Morgan fingerprint density at radius 3 is 2.28 bits per heavy atom. The van der Waals surface area contributed by atoms with Crippen LogP contribution in [0, 0.1) is 5.82 Å². The fraction of sp³-hybridized carbons (Fsp3) is 0. The predicted molar refractivity (Wildman–Crippen MR) is 70.0 cm³/mol. The van der Waals surface area contributed by atoms with E-state index in [0.29, 0.717) is 17.5 Å². The first-order valence-electron chi connectivity index (χ1n) is 4.78. The summed E-state index contributed by atoms with van der Waals surface area (Å²) in [5.74, 6) is -0.681. The Bertz CT molecular complexity index is 608. The fourth-order valence-corrected chi connectivity index (χ4v) is 2.00. The van der Waals surface area contributed by atoms with Gasteiger partial charge in [-0.2, -0.15) is 0 Å². The second-order valence-corrected chi connectivity index (χ2v) is 4.66. The van der Waals surface area contributed by atoms with Crippen molar-refractivity contribution in [2.24, 2.45) is 0 Å². The number of rotatable bonds is 2. The molecule has 0 aliphatic rings. The van der Waals surface area contributed by atoms with Gasteiger partial charge in [0.1, 0.15) is 0 Å². The van der Waals surface area contributed by atoms with Crippen molar-refractivity contribution in [1.29, 1.82) is 0 Å². The Morgan fingerprint density at radius 2 is 1.72 bits per heavy atom. The largest absolute Gasteiger partial charge is 0.298 e. The molecule has 0 saturated carbocycles. The van der Waals surface area contributed by atoms with Gasteiger partial charge in [-0.3, -0.25) is 9.78 Å². The van der Waals surface area contributed by atoms with Gasteiger partial charge in [0.15, 0.2) is 12.1 Å². The summed E-state index contributed by atoms with van der Waals surface area (Å²) in [5, 5.41) is 0.760.